The number of likely N-dealkylation sites (tertiary alicyclic amines) is 2. The molecule has 2 aliphatic heterocycles. The van der Waals surface area contributed by atoms with Crippen LogP contribution in [0.15, 0.2) is 133 Å². The minimum absolute atomic E-state index is 0.153. The summed E-state index contributed by atoms with van der Waals surface area (Å²) in [7, 11) is 0. The van der Waals surface area contributed by atoms with Crippen molar-refractivity contribution < 1.29 is 28.0 Å². The van der Waals surface area contributed by atoms with Crippen molar-refractivity contribution in [1.29, 1.82) is 0 Å². The van der Waals surface area contributed by atoms with Crippen LogP contribution in [0.25, 0.3) is 0 Å². The summed E-state index contributed by atoms with van der Waals surface area (Å²) in [5, 5.41) is 6.86. The lowest BCUT2D eigenvalue weighted by Gasteiger charge is -2.39. The van der Waals surface area contributed by atoms with Crippen molar-refractivity contribution in [2.75, 3.05) is 23.7 Å². The molecule has 0 radical (unpaired) electrons. The Hall–Kier alpha value is -6.04. The quantitative estimate of drug-likeness (QED) is 0.112. The van der Waals surface area contributed by atoms with Crippen molar-refractivity contribution in [2.24, 2.45) is 0 Å². The molecule has 0 aliphatic carbocycles. The molecule has 6 aromatic rings. The van der Waals surface area contributed by atoms with Crippen LogP contribution >= 0.6 is 23.2 Å². The number of carbonyl (C=O) groups is 4. The van der Waals surface area contributed by atoms with E-state index in [-0.39, 0.29) is 41.4 Å². The SMILES string of the molecule is Cc1ccc(C2CCN(Cc3ccc(F)c(F)c3)[C@@]2(C)C(=O)Nc2ccc(Cl)cc2C(=O)c2ccccc2)cc1CN1CCC[C@]1(C)C(=O)Nc1ccc(Cl)cc1C(=O)c1ccccc1. The van der Waals surface area contributed by atoms with Gasteiger partial charge in [0.05, 0.1) is 16.9 Å². The molecular weight excluding hydrogens is 866 g/mol. The number of aryl methyl sites for hydroxylation is 1. The molecular formula is C53H48Cl2F2N4O4. The largest absolute Gasteiger partial charge is 0.324 e. The van der Waals surface area contributed by atoms with Gasteiger partial charge in [0, 0.05) is 57.9 Å². The number of carbonyl (C=O) groups excluding carboxylic acids is 4. The van der Waals surface area contributed by atoms with Gasteiger partial charge in [-0.3, -0.25) is 29.0 Å². The van der Waals surface area contributed by atoms with Crippen LogP contribution in [0.3, 0.4) is 0 Å². The van der Waals surface area contributed by atoms with Crippen LogP contribution in [-0.2, 0) is 22.7 Å². The van der Waals surface area contributed by atoms with Gasteiger partial charge < -0.3 is 10.6 Å². The molecule has 2 saturated heterocycles. The summed E-state index contributed by atoms with van der Waals surface area (Å²) in [6, 6.07) is 37.1. The van der Waals surface area contributed by atoms with Gasteiger partial charge in [0.15, 0.2) is 23.2 Å². The summed E-state index contributed by atoms with van der Waals surface area (Å²) in [6.45, 7) is 7.49. The Balaban J connectivity index is 1.09. The normalized spacial score (nSPS) is 19.8. The Labute approximate surface area is 387 Å². The van der Waals surface area contributed by atoms with Crippen LogP contribution < -0.4 is 10.6 Å². The minimum Gasteiger partial charge on any atom is -0.324 e. The minimum atomic E-state index is -1.25. The van der Waals surface area contributed by atoms with E-state index in [1.807, 2.05) is 49.9 Å². The molecule has 0 bridgehead atoms. The highest BCUT2D eigenvalue weighted by atomic mass is 35.5. The fourth-order valence-corrected chi connectivity index (χ4v) is 9.69. The molecule has 2 heterocycles. The van der Waals surface area contributed by atoms with E-state index >= 15 is 4.79 Å². The van der Waals surface area contributed by atoms with Gasteiger partial charge >= 0.3 is 0 Å². The molecule has 6 aromatic carbocycles. The first-order chi connectivity index (χ1) is 31.1. The van der Waals surface area contributed by atoms with Crippen molar-refractivity contribution in [3.05, 3.63) is 200 Å². The number of ketones is 2. The topological polar surface area (TPSA) is 98.8 Å². The third-order valence-corrected chi connectivity index (χ3v) is 13.7. The Bertz CT molecular complexity index is 2810. The molecule has 3 atom stereocenters. The standard InChI is InChI=1S/C53H48Cl2F2N4O4/c1-33-15-17-37(28-38(33)32-60-25-10-24-52(60,2)50(64)58-46-21-18-39(54)29-41(46)48(62)35-11-6-4-7-12-35)43-23-26-61(31-34-16-20-44(56)45(57)27-34)53(43,3)51(65)59-47-22-19-40(55)30-42(47)49(63)36-13-8-5-9-14-36/h4-9,11-22,27-30,43H,10,23-26,31-32H2,1-3H3,(H,58,64)(H,59,65)/t43?,52-,53-/m1/s1. The Morgan fingerprint density at radius 1 is 0.646 bits per heavy atom. The van der Waals surface area contributed by atoms with E-state index in [2.05, 4.69) is 21.6 Å². The molecule has 2 N–H and O–H groups in total. The molecule has 65 heavy (non-hydrogen) atoms. The number of nitrogens with one attached hydrogen (secondary N) is 2. The molecule has 0 saturated carbocycles. The van der Waals surface area contributed by atoms with Crippen molar-refractivity contribution in [2.45, 2.75) is 70.1 Å². The monoisotopic (exact) mass is 912 g/mol. The number of halogens is 4. The number of amides is 2. The van der Waals surface area contributed by atoms with Gasteiger partial charge in [0.25, 0.3) is 0 Å². The van der Waals surface area contributed by atoms with Crippen molar-refractivity contribution in [3.63, 3.8) is 0 Å². The predicted molar refractivity (Wildman–Crippen MR) is 252 cm³/mol. The first-order valence-electron chi connectivity index (χ1n) is 21.6. The van der Waals surface area contributed by atoms with Crippen LogP contribution in [-0.4, -0.2) is 57.3 Å². The number of benzene rings is 6. The van der Waals surface area contributed by atoms with E-state index in [0.29, 0.717) is 76.1 Å². The highest BCUT2D eigenvalue weighted by Gasteiger charge is 2.52. The summed E-state index contributed by atoms with van der Waals surface area (Å²) >= 11 is 12.8. The number of hydrogen-bond donors (Lipinski definition) is 2. The summed E-state index contributed by atoms with van der Waals surface area (Å²) < 4.78 is 28.6. The van der Waals surface area contributed by atoms with Crippen LogP contribution in [0.4, 0.5) is 20.2 Å². The zero-order valence-electron chi connectivity index (χ0n) is 36.3. The van der Waals surface area contributed by atoms with Gasteiger partial charge in [-0.05, 0) is 117 Å². The smallest absolute Gasteiger partial charge is 0.245 e. The first-order valence-corrected chi connectivity index (χ1v) is 22.4. The van der Waals surface area contributed by atoms with E-state index in [1.54, 1.807) is 78.9 Å². The zero-order chi connectivity index (χ0) is 46.0. The average molecular weight is 914 g/mol. The van der Waals surface area contributed by atoms with E-state index in [9.17, 15) is 23.2 Å². The molecule has 2 aliphatic rings. The molecule has 0 aromatic heterocycles. The number of nitrogens with zero attached hydrogens (tertiary/aromatic N) is 2. The second-order valence-corrected chi connectivity index (χ2v) is 18.2. The van der Waals surface area contributed by atoms with Crippen molar-refractivity contribution in [1.82, 2.24) is 9.80 Å². The van der Waals surface area contributed by atoms with Gasteiger partial charge in [0.1, 0.15) is 5.54 Å². The van der Waals surface area contributed by atoms with Crippen LogP contribution in [0.5, 0.6) is 0 Å². The van der Waals surface area contributed by atoms with Crippen molar-refractivity contribution >= 4 is 58.0 Å². The second kappa shape index (κ2) is 18.8. The molecule has 8 nitrogen and oxygen atoms in total. The van der Waals surface area contributed by atoms with Crippen LogP contribution in [0.1, 0.15) is 93.1 Å². The Kier molecular flexibility index (Phi) is 13.2. The fraction of sp³-hybridized carbons (Fsp3) is 0.245. The summed E-state index contributed by atoms with van der Waals surface area (Å²) in [5.41, 5.74) is 3.30. The van der Waals surface area contributed by atoms with E-state index in [0.717, 1.165) is 35.2 Å². The molecule has 332 valence electrons. The molecule has 0 spiro atoms. The highest BCUT2D eigenvalue weighted by Crippen LogP contribution is 2.45. The van der Waals surface area contributed by atoms with Gasteiger partial charge in [-0.25, -0.2) is 8.78 Å². The third kappa shape index (κ3) is 9.27. The number of anilines is 2. The van der Waals surface area contributed by atoms with Gasteiger partial charge in [-0.2, -0.15) is 0 Å². The maximum absolute atomic E-state index is 15.0. The molecule has 2 amide bonds. The van der Waals surface area contributed by atoms with E-state index in [4.69, 9.17) is 23.2 Å². The van der Waals surface area contributed by atoms with Gasteiger partial charge in [-0.1, -0.05) is 108 Å². The maximum Gasteiger partial charge on any atom is 0.245 e. The molecule has 2 fully saturated rings. The maximum atomic E-state index is 15.0. The van der Waals surface area contributed by atoms with E-state index in [1.165, 1.54) is 12.1 Å². The Morgan fingerprint density at radius 2 is 1.23 bits per heavy atom. The van der Waals surface area contributed by atoms with Crippen molar-refractivity contribution in [3.8, 4) is 0 Å². The van der Waals surface area contributed by atoms with Gasteiger partial charge in [0.2, 0.25) is 11.8 Å². The Morgan fingerprint density at radius 3 is 1.82 bits per heavy atom. The van der Waals surface area contributed by atoms with E-state index < -0.39 is 22.7 Å². The molecule has 1 unspecified atom stereocenters. The lowest BCUT2D eigenvalue weighted by molar-refractivity contribution is -0.127. The number of rotatable bonds is 13. The lowest BCUT2D eigenvalue weighted by atomic mass is 9.79. The summed E-state index contributed by atoms with van der Waals surface area (Å²) in [4.78, 5) is 61.0. The molecule has 8 rings (SSSR count). The first kappa shape index (κ1) is 45.5. The predicted octanol–water partition coefficient (Wildman–Crippen LogP) is 11.4. The summed E-state index contributed by atoms with van der Waals surface area (Å²) in [5.74, 6) is -3.51. The fourth-order valence-electron chi connectivity index (χ4n) is 9.35. The third-order valence-electron chi connectivity index (χ3n) is 13.3. The van der Waals surface area contributed by atoms with Gasteiger partial charge in [-0.15, -0.1) is 0 Å². The highest BCUT2D eigenvalue weighted by molar-refractivity contribution is 6.32. The zero-order valence-corrected chi connectivity index (χ0v) is 37.8. The van der Waals surface area contributed by atoms with Crippen LogP contribution in [0, 0.1) is 18.6 Å². The second-order valence-electron chi connectivity index (χ2n) is 17.3. The average Bonchev–Trinajstić information content (AvgIpc) is 3.85. The molecule has 12 heteroatoms. The van der Waals surface area contributed by atoms with Crippen LogP contribution in [0.2, 0.25) is 10.0 Å². The summed E-state index contributed by atoms with van der Waals surface area (Å²) in [6.07, 6.45) is 1.92. The lowest BCUT2D eigenvalue weighted by Crippen LogP contribution is -2.53. The number of hydrogen-bond acceptors (Lipinski definition) is 6.